The van der Waals surface area contributed by atoms with Gasteiger partial charge in [0.25, 0.3) is 0 Å². The minimum atomic E-state index is -4.39. The summed E-state index contributed by atoms with van der Waals surface area (Å²) in [6.07, 6.45) is 0.235. The van der Waals surface area contributed by atoms with Crippen LogP contribution in [0.5, 0.6) is 0 Å². The first kappa shape index (κ1) is 16.5. The average Bonchev–Trinajstić information content (AvgIpc) is 3.04. The zero-order valence-electron chi connectivity index (χ0n) is 13.6. The van der Waals surface area contributed by atoms with Gasteiger partial charge in [0.05, 0.1) is 22.3 Å². The van der Waals surface area contributed by atoms with Gasteiger partial charge in [0.15, 0.2) is 0 Å². The zero-order chi connectivity index (χ0) is 17.8. The van der Waals surface area contributed by atoms with Crippen LogP contribution in [0.2, 0.25) is 5.02 Å². The van der Waals surface area contributed by atoms with Gasteiger partial charge in [-0.3, -0.25) is 0 Å². The van der Waals surface area contributed by atoms with Crippen LogP contribution in [0.3, 0.4) is 0 Å². The second-order valence-electron chi connectivity index (χ2n) is 6.77. The third kappa shape index (κ3) is 2.73. The van der Waals surface area contributed by atoms with Gasteiger partial charge in [-0.25, -0.2) is 0 Å². The molecule has 0 radical (unpaired) electrons. The van der Waals surface area contributed by atoms with Crippen molar-refractivity contribution in [3.05, 3.63) is 75.8 Å². The van der Waals surface area contributed by atoms with E-state index in [9.17, 15) is 13.2 Å². The van der Waals surface area contributed by atoms with Gasteiger partial charge in [0.1, 0.15) is 0 Å². The van der Waals surface area contributed by atoms with Gasteiger partial charge in [-0.05, 0) is 42.5 Å². The lowest BCUT2D eigenvalue weighted by molar-refractivity contribution is -0.138. The Morgan fingerprint density at radius 1 is 1.08 bits per heavy atom. The lowest BCUT2D eigenvalue weighted by atomic mass is 9.75. The number of fused-ring (bicyclic) bond motifs is 3. The first-order chi connectivity index (χ1) is 11.9. The molecule has 0 aromatic heterocycles. The van der Waals surface area contributed by atoms with Crippen molar-refractivity contribution >= 4 is 17.3 Å². The number of anilines is 1. The number of aryl methyl sites for hydroxylation is 1. The molecule has 25 heavy (non-hydrogen) atoms. The van der Waals surface area contributed by atoms with Crippen LogP contribution in [0.4, 0.5) is 18.9 Å². The van der Waals surface area contributed by atoms with Crippen molar-refractivity contribution in [2.45, 2.75) is 31.5 Å². The standard InChI is InChI=1S/C20H17ClF3N/c1-11-5-7-12(8-6-11)18-14-4-2-3-13(14)17-15(20(22,23)24)9-10-16(21)19(17)25-18/h2-3,5-10,13-14,18,25H,4H2,1H3/t13-,14+,18+/m1/s1. The fraction of sp³-hybridized carbons (Fsp3) is 0.300. The summed E-state index contributed by atoms with van der Waals surface area (Å²) < 4.78 is 40.6. The summed E-state index contributed by atoms with van der Waals surface area (Å²) in [4.78, 5) is 0. The molecule has 4 rings (SSSR count). The van der Waals surface area contributed by atoms with E-state index >= 15 is 0 Å². The highest BCUT2D eigenvalue weighted by molar-refractivity contribution is 6.33. The van der Waals surface area contributed by atoms with Gasteiger partial charge in [-0.2, -0.15) is 13.2 Å². The topological polar surface area (TPSA) is 12.0 Å². The summed E-state index contributed by atoms with van der Waals surface area (Å²) in [5, 5.41) is 3.65. The largest absolute Gasteiger partial charge is 0.416 e. The molecule has 1 aliphatic carbocycles. The van der Waals surface area contributed by atoms with Crippen molar-refractivity contribution in [1.82, 2.24) is 0 Å². The van der Waals surface area contributed by atoms with E-state index < -0.39 is 11.7 Å². The summed E-state index contributed by atoms with van der Waals surface area (Å²) in [6, 6.07) is 10.5. The van der Waals surface area contributed by atoms with Crippen LogP contribution >= 0.6 is 11.6 Å². The molecule has 2 aromatic rings. The molecule has 1 N–H and O–H groups in total. The van der Waals surface area contributed by atoms with Gasteiger partial charge >= 0.3 is 6.18 Å². The van der Waals surface area contributed by atoms with E-state index in [2.05, 4.69) is 5.32 Å². The van der Waals surface area contributed by atoms with E-state index in [1.807, 2.05) is 43.3 Å². The van der Waals surface area contributed by atoms with Crippen LogP contribution < -0.4 is 5.32 Å². The van der Waals surface area contributed by atoms with E-state index in [1.165, 1.54) is 6.07 Å². The minimum absolute atomic E-state index is 0.0507. The maximum atomic E-state index is 13.5. The highest BCUT2D eigenvalue weighted by atomic mass is 35.5. The van der Waals surface area contributed by atoms with Crippen molar-refractivity contribution in [1.29, 1.82) is 0 Å². The number of nitrogens with one attached hydrogen (secondary N) is 1. The first-order valence-corrected chi connectivity index (χ1v) is 8.63. The molecule has 0 amide bonds. The number of rotatable bonds is 1. The SMILES string of the molecule is Cc1ccc([C@@H]2Nc3c(Cl)ccc(C(F)(F)F)c3[C@@H]3C=CC[C@@H]32)cc1. The van der Waals surface area contributed by atoms with E-state index in [-0.39, 0.29) is 23.4 Å². The normalized spacial score (nSPS) is 24.6. The molecule has 5 heteroatoms. The van der Waals surface area contributed by atoms with E-state index in [0.717, 1.165) is 23.6 Å². The molecule has 3 atom stereocenters. The van der Waals surface area contributed by atoms with Crippen molar-refractivity contribution in [3.63, 3.8) is 0 Å². The maximum Gasteiger partial charge on any atom is 0.416 e. The number of halogens is 4. The van der Waals surface area contributed by atoms with Crippen LogP contribution in [-0.2, 0) is 6.18 Å². The van der Waals surface area contributed by atoms with E-state index in [4.69, 9.17) is 11.6 Å². The molecule has 0 saturated heterocycles. The van der Waals surface area contributed by atoms with Gasteiger partial charge in [-0.1, -0.05) is 53.6 Å². The van der Waals surface area contributed by atoms with Crippen molar-refractivity contribution < 1.29 is 13.2 Å². The second-order valence-corrected chi connectivity index (χ2v) is 7.17. The third-order valence-corrected chi connectivity index (χ3v) is 5.53. The zero-order valence-corrected chi connectivity index (χ0v) is 14.3. The molecule has 1 heterocycles. The minimum Gasteiger partial charge on any atom is -0.376 e. The molecule has 0 fully saturated rings. The molecule has 0 spiro atoms. The summed E-state index contributed by atoms with van der Waals surface area (Å²) in [6.45, 7) is 2.01. The number of benzene rings is 2. The Hall–Kier alpha value is -1.94. The fourth-order valence-electron chi connectivity index (χ4n) is 4.03. The Morgan fingerprint density at radius 3 is 2.48 bits per heavy atom. The van der Waals surface area contributed by atoms with Crippen molar-refractivity contribution in [2.24, 2.45) is 5.92 Å². The lowest BCUT2D eigenvalue weighted by Crippen LogP contribution is -2.31. The number of alkyl halides is 3. The Balaban J connectivity index is 1.87. The summed E-state index contributed by atoms with van der Waals surface area (Å²) >= 11 is 6.28. The molecule has 1 aliphatic heterocycles. The molecule has 130 valence electrons. The second kappa shape index (κ2) is 5.80. The molecule has 0 bridgehead atoms. The average molecular weight is 364 g/mol. The number of allylic oxidation sites excluding steroid dienone is 2. The maximum absolute atomic E-state index is 13.5. The molecule has 2 aliphatic rings. The molecule has 0 saturated carbocycles. The van der Waals surface area contributed by atoms with Crippen LogP contribution in [-0.4, -0.2) is 0 Å². The van der Waals surface area contributed by atoms with E-state index in [1.54, 1.807) is 0 Å². The van der Waals surface area contributed by atoms with Gasteiger partial charge < -0.3 is 5.32 Å². The van der Waals surface area contributed by atoms with E-state index in [0.29, 0.717) is 10.7 Å². The summed E-state index contributed by atoms with van der Waals surface area (Å²) in [5.74, 6) is -0.229. The van der Waals surface area contributed by atoms with Gasteiger partial charge in [0.2, 0.25) is 0 Å². The fourth-order valence-corrected chi connectivity index (χ4v) is 4.24. The highest BCUT2D eigenvalue weighted by Crippen LogP contribution is 2.54. The predicted molar refractivity (Wildman–Crippen MR) is 94.0 cm³/mol. The lowest BCUT2D eigenvalue weighted by Gasteiger charge is -2.39. The molecule has 1 nitrogen and oxygen atoms in total. The Morgan fingerprint density at radius 2 is 1.80 bits per heavy atom. The first-order valence-electron chi connectivity index (χ1n) is 8.25. The van der Waals surface area contributed by atoms with Crippen LogP contribution in [0, 0.1) is 12.8 Å². The Kier molecular flexibility index (Phi) is 3.84. The quantitative estimate of drug-likeness (QED) is 0.571. The number of hydrogen-bond acceptors (Lipinski definition) is 1. The number of hydrogen-bond donors (Lipinski definition) is 1. The smallest absolute Gasteiger partial charge is 0.376 e. The summed E-state index contributed by atoms with van der Waals surface area (Å²) in [7, 11) is 0. The summed E-state index contributed by atoms with van der Waals surface area (Å²) in [5.41, 5.74) is 2.32. The predicted octanol–water partition coefficient (Wildman–Crippen LogP) is 6.49. The third-order valence-electron chi connectivity index (χ3n) is 5.21. The van der Waals surface area contributed by atoms with Crippen LogP contribution in [0.1, 0.15) is 40.6 Å². The van der Waals surface area contributed by atoms with Crippen molar-refractivity contribution in [2.75, 3.05) is 5.32 Å². The Bertz CT molecular complexity index is 839. The highest BCUT2D eigenvalue weighted by Gasteiger charge is 2.44. The van der Waals surface area contributed by atoms with Gasteiger partial charge in [-0.15, -0.1) is 0 Å². The Labute approximate surface area is 149 Å². The molecular formula is C20H17ClF3N. The molecular weight excluding hydrogens is 347 g/mol. The molecule has 0 unspecified atom stereocenters. The van der Waals surface area contributed by atoms with Crippen LogP contribution in [0.25, 0.3) is 0 Å². The van der Waals surface area contributed by atoms with Crippen LogP contribution in [0.15, 0.2) is 48.6 Å². The van der Waals surface area contributed by atoms with Crippen molar-refractivity contribution in [3.8, 4) is 0 Å². The van der Waals surface area contributed by atoms with Gasteiger partial charge in [0, 0.05) is 5.92 Å². The molecule has 2 aromatic carbocycles. The monoisotopic (exact) mass is 363 g/mol.